The summed E-state index contributed by atoms with van der Waals surface area (Å²) < 4.78 is 22.7. The molecular weight excluding hydrogens is 239 g/mol. The fourth-order valence-corrected chi connectivity index (χ4v) is 1.30. The maximum Gasteiger partial charge on any atom is 0.250 e. The molecule has 1 rings (SSSR count). The minimum atomic E-state index is -0.443. The van der Waals surface area contributed by atoms with Gasteiger partial charge in [0.2, 0.25) is 5.91 Å². The van der Waals surface area contributed by atoms with Gasteiger partial charge in [0.25, 0.3) is 0 Å². The number of benzene rings is 1. The molecule has 0 aliphatic heterocycles. The molecule has 18 heavy (non-hydrogen) atoms. The molecule has 0 radical (unpaired) electrons. The molecule has 0 aliphatic carbocycles. The molecule has 0 bridgehead atoms. The van der Waals surface area contributed by atoms with Crippen LogP contribution in [0.15, 0.2) is 18.2 Å². The lowest BCUT2D eigenvalue weighted by Crippen LogP contribution is -2.19. The van der Waals surface area contributed by atoms with Crippen molar-refractivity contribution in [3.8, 4) is 0 Å². The Balaban J connectivity index is 2.31. The van der Waals surface area contributed by atoms with Gasteiger partial charge >= 0.3 is 0 Å². The number of carbonyl (C=O) groups is 1. The fourth-order valence-electron chi connectivity index (χ4n) is 1.30. The summed E-state index contributed by atoms with van der Waals surface area (Å²) in [6.45, 7) is 0.965. The highest BCUT2D eigenvalue weighted by Gasteiger charge is 2.06. The molecule has 0 aliphatic rings. The Kier molecular flexibility index (Phi) is 6.10. The van der Waals surface area contributed by atoms with Crippen LogP contribution in [-0.2, 0) is 14.3 Å². The molecular formula is C12H17FN2O3. The quantitative estimate of drug-likeness (QED) is 0.571. The third-order valence-electron chi connectivity index (χ3n) is 2.16. The molecule has 1 amide bonds. The SMILES string of the molecule is COCCCOCC(=O)Nc1ccc(F)cc1N. The van der Waals surface area contributed by atoms with Crippen molar-refractivity contribution in [1.29, 1.82) is 0 Å². The summed E-state index contributed by atoms with van der Waals surface area (Å²) in [5.74, 6) is -0.771. The molecule has 5 nitrogen and oxygen atoms in total. The molecule has 0 saturated carbocycles. The number of methoxy groups -OCH3 is 1. The molecule has 3 N–H and O–H groups in total. The molecule has 0 atom stereocenters. The number of halogens is 1. The average molecular weight is 256 g/mol. The van der Waals surface area contributed by atoms with Gasteiger partial charge in [0.1, 0.15) is 12.4 Å². The van der Waals surface area contributed by atoms with Gasteiger partial charge in [-0.3, -0.25) is 4.79 Å². The van der Waals surface area contributed by atoms with E-state index in [9.17, 15) is 9.18 Å². The Bertz CT molecular complexity index is 399. The van der Waals surface area contributed by atoms with Crippen LogP contribution in [0.4, 0.5) is 15.8 Å². The Morgan fingerprint density at radius 3 is 2.89 bits per heavy atom. The summed E-state index contributed by atoms with van der Waals surface area (Å²) in [6, 6.07) is 3.79. The van der Waals surface area contributed by atoms with Crippen molar-refractivity contribution in [2.45, 2.75) is 6.42 Å². The van der Waals surface area contributed by atoms with E-state index in [2.05, 4.69) is 5.32 Å². The lowest BCUT2D eigenvalue weighted by atomic mass is 10.2. The summed E-state index contributed by atoms with van der Waals surface area (Å²) in [6.07, 6.45) is 0.725. The Morgan fingerprint density at radius 1 is 1.44 bits per heavy atom. The van der Waals surface area contributed by atoms with Crippen molar-refractivity contribution in [3.05, 3.63) is 24.0 Å². The van der Waals surface area contributed by atoms with Gasteiger partial charge in [0, 0.05) is 20.3 Å². The number of ether oxygens (including phenoxy) is 2. The van der Waals surface area contributed by atoms with E-state index >= 15 is 0 Å². The smallest absolute Gasteiger partial charge is 0.250 e. The lowest BCUT2D eigenvalue weighted by molar-refractivity contribution is -0.120. The molecule has 0 unspecified atom stereocenters. The molecule has 0 fully saturated rings. The Labute approximate surface area is 105 Å². The number of anilines is 2. The summed E-state index contributed by atoms with van der Waals surface area (Å²) in [4.78, 5) is 11.5. The van der Waals surface area contributed by atoms with Crippen molar-refractivity contribution in [1.82, 2.24) is 0 Å². The Hall–Kier alpha value is -1.66. The number of nitrogen functional groups attached to an aromatic ring is 1. The monoisotopic (exact) mass is 256 g/mol. The molecule has 0 heterocycles. The summed E-state index contributed by atoms with van der Waals surface area (Å²) in [7, 11) is 1.60. The Morgan fingerprint density at radius 2 is 2.22 bits per heavy atom. The zero-order valence-corrected chi connectivity index (χ0v) is 10.2. The lowest BCUT2D eigenvalue weighted by Gasteiger charge is -2.08. The number of hydrogen-bond donors (Lipinski definition) is 2. The van der Waals surface area contributed by atoms with E-state index in [0.29, 0.717) is 18.9 Å². The van der Waals surface area contributed by atoms with Crippen LogP contribution in [0.25, 0.3) is 0 Å². The van der Waals surface area contributed by atoms with Crippen LogP contribution in [0, 0.1) is 5.82 Å². The molecule has 1 aromatic rings. The number of nitrogens with one attached hydrogen (secondary N) is 1. The van der Waals surface area contributed by atoms with E-state index in [-0.39, 0.29) is 18.2 Å². The average Bonchev–Trinajstić information content (AvgIpc) is 2.32. The first-order chi connectivity index (χ1) is 8.63. The molecule has 100 valence electrons. The maximum absolute atomic E-state index is 12.8. The number of amides is 1. The van der Waals surface area contributed by atoms with Crippen LogP contribution in [0.1, 0.15) is 6.42 Å². The number of carbonyl (C=O) groups excluding carboxylic acids is 1. The van der Waals surface area contributed by atoms with E-state index in [4.69, 9.17) is 15.2 Å². The van der Waals surface area contributed by atoms with Gasteiger partial charge < -0.3 is 20.5 Å². The number of rotatable bonds is 7. The van der Waals surface area contributed by atoms with Crippen molar-refractivity contribution < 1.29 is 18.7 Å². The first-order valence-corrected chi connectivity index (χ1v) is 5.55. The molecule has 0 spiro atoms. The van der Waals surface area contributed by atoms with E-state index in [1.807, 2.05) is 0 Å². The molecule has 0 saturated heterocycles. The normalized spacial score (nSPS) is 10.3. The van der Waals surface area contributed by atoms with Crippen LogP contribution in [0.5, 0.6) is 0 Å². The second-order valence-corrected chi connectivity index (χ2v) is 3.68. The minimum Gasteiger partial charge on any atom is -0.397 e. The molecule has 6 heteroatoms. The van der Waals surface area contributed by atoms with E-state index in [1.54, 1.807) is 7.11 Å². The highest BCUT2D eigenvalue weighted by molar-refractivity contribution is 5.94. The predicted octanol–water partition coefficient (Wildman–Crippen LogP) is 1.40. The molecule has 0 aromatic heterocycles. The zero-order chi connectivity index (χ0) is 13.4. The van der Waals surface area contributed by atoms with Crippen LogP contribution in [-0.4, -0.2) is 32.8 Å². The summed E-state index contributed by atoms with van der Waals surface area (Å²) in [5.41, 5.74) is 6.11. The van der Waals surface area contributed by atoms with Crippen molar-refractivity contribution in [2.24, 2.45) is 0 Å². The molecule has 1 aromatic carbocycles. The van der Waals surface area contributed by atoms with Crippen molar-refractivity contribution in [2.75, 3.05) is 38.0 Å². The zero-order valence-electron chi connectivity index (χ0n) is 10.2. The van der Waals surface area contributed by atoms with Gasteiger partial charge in [-0.15, -0.1) is 0 Å². The second-order valence-electron chi connectivity index (χ2n) is 3.68. The van der Waals surface area contributed by atoms with Gasteiger partial charge in [-0.1, -0.05) is 0 Å². The first kappa shape index (κ1) is 14.4. The van der Waals surface area contributed by atoms with Gasteiger partial charge in [-0.05, 0) is 24.6 Å². The van der Waals surface area contributed by atoms with E-state index < -0.39 is 5.82 Å². The predicted molar refractivity (Wildman–Crippen MR) is 66.8 cm³/mol. The van der Waals surface area contributed by atoms with E-state index in [0.717, 1.165) is 12.5 Å². The topological polar surface area (TPSA) is 73.6 Å². The first-order valence-electron chi connectivity index (χ1n) is 5.55. The summed E-state index contributed by atoms with van der Waals surface area (Å²) >= 11 is 0. The van der Waals surface area contributed by atoms with Crippen molar-refractivity contribution in [3.63, 3.8) is 0 Å². The standard InChI is InChI=1S/C12H17FN2O3/c1-17-5-2-6-18-8-12(16)15-11-4-3-9(13)7-10(11)14/h3-4,7H,2,5-6,8,14H2,1H3,(H,15,16). The van der Waals surface area contributed by atoms with Crippen molar-refractivity contribution >= 4 is 17.3 Å². The van der Waals surface area contributed by atoms with Gasteiger partial charge in [0.05, 0.1) is 11.4 Å². The van der Waals surface area contributed by atoms with Crippen LogP contribution < -0.4 is 11.1 Å². The number of nitrogens with two attached hydrogens (primary N) is 1. The largest absolute Gasteiger partial charge is 0.397 e. The maximum atomic E-state index is 12.8. The minimum absolute atomic E-state index is 0.0689. The van der Waals surface area contributed by atoms with Crippen LogP contribution in [0.2, 0.25) is 0 Å². The highest BCUT2D eigenvalue weighted by Crippen LogP contribution is 2.18. The van der Waals surface area contributed by atoms with Crippen LogP contribution in [0.3, 0.4) is 0 Å². The third-order valence-corrected chi connectivity index (χ3v) is 2.16. The summed E-state index contributed by atoms with van der Waals surface area (Å²) in [5, 5.41) is 2.54. The van der Waals surface area contributed by atoms with Crippen LogP contribution >= 0.6 is 0 Å². The van der Waals surface area contributed by atoms with Gasteiger partial charge in [-0.25, -0.2) is 4.39 Å². The third kappa shape index (κ3) is 5.11. The van der Waals surface area contributed by atoms with Gasteiger partial charge in [0.15, 0.2) is 0 Å². The van der Waals surface area contributed by atoms with Gasteiger partial charge in [-0.2, -0.15) is 0 Å². The second kappa shape index (κ2) is 7.62. The highest BCUT2D eigenvalue weighted by atomic mass is 19.1. The fraction of sp³-hybridized carbons (Fsp3) is 0.417. The number of hydrogen-bond acceptors (Lipinski definition) is 4. The van der Waals surface area contributed by atoms with E-state index in [1.165, 1.54) is 12.1 Å².